The molecule has 3 nitrogen and oxygen atoms in total. The van der Waals surface area contributed by atoms with Crippen LogP contribution in [0.3, 0.4) is 0 Å². The number of hydrogen-bond donors (Lipinski definition) is 1. The van der Waals surface area contributed by atoms with Crippen LogP contribution in [0.15, 0.2) is 12.1 Å². The maximum absolute atomic E-state index is 12.1. The van der Waals surface area contributed by atoms with Crippen molar-refractivity contribution in [2.24, 2.45) is 0 Å². The quantitative estimate of drug-likeness (QED) is 0.841. The van der Waals surface area contributed by atoms with Gasteiger partial charge in [0.15, 0.2) is 11.5 Å². The van der Waals surface area contributed by atoms with Crippen LogP contribution in [-0.2, 0) is 6.61 Å². The lowest BCUT2D eigenvalue weighted by molar-refractivity contribution is -0.0513. The van der Waals surface area contributed by atoms with E-state index in [1.807, 2.05) is 0 Å². The van der Waals surface area contributed by atoms with Crippen molar-refractivity contribution in [3.05, 3.63) is 23.3 Å². The zero-order chi connectivity index (χ0) is 11.4. The third-order valence-corrected chi connectivity index (χ3v) is 1.87. The molecule has 0 radical (unpaired) electrons. The predicted octanol–water partition coefficient (Wildman–Crippen LogP) is 2.10. The molecule has 15 heavy (non-hydrogen) atoms. The van der Waals surface area contributed by atoms with Crippen LogP contribution in [0.2, 0.25) is 0 Å². The summed E-state index contributed by atoms with van der Waals surface area (Å²) in [6, 6.07) is 3.08. The Labute approximate surface area is 86.2 Å². The minimum absolute atomic E-state index is 0.0587. The molecule has 0 aliphatic rings. The number of alkyl halides is 2. The molecule has 0 fully saturated rings. The summed E-state index contributed by atoms with van der Waals surface area (Å²) >= 11 is 0. The molecule has 1 N–H and O–H groups in total. The Morgan fingerprint density at radius 2 is 2.07 bits per heavy atom. The van der Waals surface area contributed by atoms with Crippen LogP contribution in [0.4, 0.5) is 8.78 Å². The Bertz CT molecular complexity index is 340. The lowest BCUT2D eigenvalue weighted by Crippen LogP contribution is -2.05. The number of hydrogen-bond acceptors (Lipinski definition) is 3. The van der Waals surface area contributed by atoms with Gasteiger partial charge in [0.05, 0.1) is 13.7 Å². The Morgan fingerprint density at radius 1 is 1.40 bits per heavy atom. The SMILES string of the molecule is COc1c(CO)cc(C)cc1OC(F)F. The Morgan fingerprint density at radius 3 is 2.53 bits per heavy atom. The highest BCUT2D eigenvalue weighted by atomic mass is 19.3. The molecule has 0 aliphatic heterocycles. The molecule has 0 saturated carbocycles. The van der Waals surface area contributed by atoms with Crippen LogP contribution in [-0.4, -0.2) is 18.8 Å². The number of halogens is 2. The van der Waals surface area contributed by atoms with E-state index in [1.165, 1.54) is 13.2 Å². The molecular formula is C10H12F2O3. The van der Waals surface area contributed by atoms with E-state index in [2.05, 4.69) is 4.74 Å². The van der Waals surface area contributed by atoms with Gasteiger partial charge in [-0.2, -0.15) is 8.78 Å². The van der Waals surface area contributed by atoms with Crippen LogP contribution >= 0.6 is 0 Å². The minimum atomic E-state index is -2.91. The standard InChI is InChI=1S/C10H12F2O3/c1-6-3-7(5-13)9(14-2)8(4-6)15-10(11)12/h3-4,10,13H,5H2,1-2H3. The van der Waals surface area contributed by atoms with Crippen molar-refractivity contribution >= 4 is 0 Å². The van der Waals surface area contributed by atoms with Gasteiger partial charge in [0, 0.05) is 5.56 Å². The highest BCUT2D eigenvalue weighted by Gasteiger charge is 2.14. The number of benzene rings is 1. The van der Waals surface area contributed by atoms with Crippen molar-refractivity contribution < 1.29 is 23.4 Å². The molecular weight excluding hydrogens is 206 g/mol. The Hall–Kier alpha value is -1.36. The highest BCUT2D eigenvalue weighted by Crippen LogP contribution is 2.33. The minimum Gasteiger partial charge on any atom is -0.492 e. The van der Waals surface area contributed by atoms with Gasteiger partial charge in [-0.1, -0.05) is 0 Å². The van der Waals surface area contributed by atoms with E-state index < -0.39 is 6.61 Å². The van der Waals surface area contributed by atoms with Gasteiger partial charge in [-0.05, 0) is 24.6 Å². The average Bonchev–Trinajstić information content (AvgIpc) is 2.15. The van der Waals surface area contributed by atoms with Crippen LogP contribution < -0.4 is 9.47 Å². The molecule has 0 spiro atoms. The summed E-state index contributed by atoms with van der Waals surface area (Å²) in [5.74, 6) is 0.0833. The van der Waals surface area contributed by atoms with E-state index >= 15 is 0 Å². The first-order valence-electron chi connectivity index (χ1n) is 4.31. The van der Waals surface area contributed by atoms with Gasteiger partial charge in [-0.3, -0.25) is 0 Å². The van der Waals surface area contributed by atoms with Crippen LogP contribution in [0.5, 0.6) is 11.5 Å². The molecule has 0 aliphatic carbocycles. The molecule has 0 heterocycles. The van der Waals surface area contributed by atoms with E-state index in [1.54, 1.807) is 13.0 Å². The van der Waals surface area contributed by atoms with Crippen molar-refractivity contribution in [3.63, 3.8) is 0 Å². The van der Waals surface area contributed by atoms with E-state index in [9.17, 15) is 8.78 Å². The summed E-state index contributed by atoms with van der Waals surface area (Å²) in [6.07, 6.45) is 0. The molecule has 0 aromatic heterocycles. The molecule has 5 heteroatoms. The molecule has 0 unspecified atom stereocenters. The maximum atomic E-state index is 12.1. The maximum Gasteiger partial charge on any atom is 0.387 e. The number of ether oxygens (including phenoxy) is 2. The predicted molar refractivity (Wildman–Crippen MR) is 50.3 cm³/mol. The fourth-order valence-corrected chi connectivity index (χ4v) is 1.35. The van der Waals surface area contributed by atoms with Gasteiger partial charge in [-0.15, -0.1) is 0 Å². The number of aryl methyl sites for hydroxylation is 1. The summed E-state index contributed by atoms with van der Waals surface area (Å²) in [5, 5.41) is 9.01. The summed E-state index contributed by atoms with van der Waals surface area (Å²) in [6.45, 7) is -1.48. The lowest BCUT2D eigenvalue weighted by Gasteiger charge is -2.13. The van der Waals surface area contributed by atoms with Crippen LogP contribution in [0, 0.1) is 6.92 Å². The van der Waals surface area contributed by atoms with Crippen LogP contribution in [0.1, 0.15) is 11.1 Å². The van der Waals surface area contributed by atoms with Crippen molar-refractivity contribution in [3.8, 4) is 11.5 Å². The summed E-state index contributed by atoms with van der Waals surface area (Å²) < 4.78 is 33.3. The first kappa shape index (κ1) is 11.7. The smallest absolute Gasteiger partial charge is 0.387 e. The normalized spacial score (nSPS) is 10.5. The zero-order valence-electron chi connectivity index (χ0n) is 8.46. The largest absolute Gasteiger partial charge is 0.492 e. The fraction of sp³-hybridized carbons (Fsp3) is 0.400. The van der Waals surface area contributed by atoms with Crippen molar-refractivity contribution in [2.45, 2.75) is 20.1 Å². The third-order valence-electron chi connectivity index (χ3n) is 1.87. The molecule has 0 amide bonds. The second-order valence-corrected chi connectivity index (χ2v) is 2.99. The van der Waals surface area contributed by atoms with E-state index in [4.69, 9.17) is 9.84 Å². The summed E-state index contributed by atoms with van der Waals surface area (Å²) in [7, 11) is 1.34. The molecule has 0 atom stereocenters. The molecule has 0 saturated heterocycles. The van der Waals surface area contributed by atoms with E-state index in [0.717, 1.165) is 5.56 Å². The topological polar surface area (TPSA) is 38.7 Å². The lowest BCUT2D eigenvalue weighted by atomic mass is 10.1. The number of rotatable bonds is 4. The van der Waals surface area contributed by atoms with Gasteiger partial charge in [0.25, 0.3) is 0 Å². The second kappa shape index (κ2) is 4.93. The molecule has 1 aromatic carbocycles. The van der Waals surface area contributed by atoms with Gasteiger partial charge >= 0.3 is 6.61 Å². The van der Waals surface area contributed by atoms with Gasteiger partial charge < -0.3 is 14.6 Å². The van der Waals surface area contributed by atoms with Gasteiger partial charge in [0.1, 0.15) is 0 Å². The fourth-order valence-electron chi connectivity index (χ4n) is 1.35. The molecule has 1 aromatic rings. The first-order valence-corrected chi connectivity index (χ1v) is 4.31. The Kier molecular flexibility index (Phi) is 3.85. The summed E-state index contributed by atoms with van der Waals surface area (Å²) in [4.78, 5) is 0. The van der Waals surface area contributed by atoms with Crippen molar-refractivity contribution in [2.75, 3.05) is 7.11 Å². The molecule has 84 valence electrons. The average molecular weight is 218 g/mol. The number of methoxy groups -OCH3 is 1. The zero-order valence-corrected chi connectivity index (χ0v) is 8.46. The second-order valence-electron chi connectivity index (χ2n) is 2.99. The van der Waals surface area contributed by atoms with E-state index in [0.29, 0.717) is 5.56 Å². The van der Waals surface area contributed by atoms with Crippen molar-refractivity contribution in [1.82, 2.24) is 0 Å². The van der Waals surface area contributed by atoms with Crippen LogP contribution in [0.25, 0.3) is 0 Å². The summed E-state index contributed by atoms with van der Waals surface area (Å²) in [5.41, 5.74) is 1.14. The third kappa shape index (κ3) is 2.79. The number of aliphatic hydroxyl groups is 1. The molecule has 0 bridgehead atoms. The van der Waals surface area contributed by atoms with Crippen molar-refractivity contribution in [1.29, 1.82) is 0 Å². The number of aliphatic hydroxyl groups excluding tert-OH is 1. The first-order chi connectivity index (χ1) is 7.08. The molecule has 1 rings (SSSR count). The monoisotopic (exact) mass is 218 g/mol. The van der Waals surface area contributed by atoms with Gasteiger partial charge in [-0.25, -0.2) is 0 Å². The van der Waals surface area contributed by atoms with E-state index in [-0.39, 0.29) is 18.1 Å². The highest BCUT2D eigenvalue weighted by molar-refractivity contribution is 5.49. The Balaban J connectivity index is 3.16. The van der Waals surface area contributed by atoms with Gasteiger partial charge in [0.2, 0.25) is 0 Å².